The van der Waals surface area contributed by atoms with Crippen molar-refractivity contribution in [3.8, 4) is 11.5 Å². The molecule has 142 valence electrons. The predicted molar refractivity (Wildman–Crippen MR) is 102 cm³/mol. The first-order valence-corrected chi connectivity index (χ1v) is 8.85. The fraction of sp³-hybridized carbons (Fsp3) is 0.333. The van der Waals surface area contributed by atoms with Crippen molar-refractivity contribution >= 4 is 17.6 Å². The number of aliphatic carboxylic acids is 1. The second-order valence-corrected chi connectivity index (χ2v) is 6.89. The lowest BCUT2D eigenvalue weighted by Gasteiger charge is -2.28. The number of amides is 1. The summed E-state index contributed by atoms with van der Waals surface area (Å²) < 4.78 is 10.8. The molecule has 0 fully saturated rings. The third-order valence-corrected chi connectivity index (χ3v) is 4.72. The van der Waals surface area contributed by atoms with Gasteiger partial charge >= 0.3 is 5.97 Å². The number of rotatable bonds is 6. The van der Waals surface area contributed by atoms with E-state index in [4.69, 9.17) is 14.6 Å². The highest BCUT2D eigenvalue weighted by Crippen LogP contribution is 2.42. The maximum absolute atomic E-state index is 12.3. The largest absolute Gasteiger partial charge is 0.496 e. The van der Waals surface area contributed by atoms with E-state index < -0.39 is 12.6 Å². The fourth-order valence-electron chi connectivity index (χ4n) is 3.34. The number of carboxylic acids is 1. The molecule has 0 aromatic heterocycles. The molecule has 0 spiro atoms. The lowest BCUT2D eigenvalue weighted by molar-refractivity contribution is -0.139. The third-order valence-electron chi connectivity index (χ3n) is 4.72. The van der Waals surface area contributed by atoms with E-state index in [1.807, 2.05) is 18.2 Å². The Morgan fingerprint density at radius 1 is 1.22 bits per heavy atom. The van der Waals surface area contributed by atoms with E-state index >= 15 is 0 Å². The third kappa shape index (κ3) is 4.05. The topological polar surface area (TPSA) is 84.9 Å². The Labute approximate surface area is 158 Å². The van der Waals surface area contributed by atoms with Gasteiger partial charge in [-0.2, -0.15) is 0 Å². The van der Waals surface area contributed by atoms with Crippen molar-refractivity contribution < 1.29 is 24.2 Å². The van der Waals surface area contributed by atoms with Gasteiger partial charge in [-0.3, -0.25) is 4.79 Å². The van der Waals surface area contributed by atoms with Gasteiger partial charge in [0, 0.05) is 29.7 Å². The Bertz CT molecular complexity index is 875. The molecule has 1 aliphatic heterocycles. The summed E-state index contributed by atoms with van der Waals surface area (Å²) in [6.45, 7) is 3.82. The van der Waals surface area contributed by atoms with Crippen LogP contribution in [-0.2, 0) is 9.59 Å². The summed E-state index contributed by atoms with van der Waals surface area (Å²) in [5.41, 5.74) is 3.74. The van der Waals surface area contributed by atoms with Gasteiger partial charge in [0.15, 0.2) is 6.61 Å². The van der Waals surface area contributed by atoms with E-state index in [0.717, 1.165) is 16.9 Å². The minimum absolute atomic E-state index is 0.0973. The lowest BCUT2D eigenvalue weighted by atomic mass is 9.83. The monoisotopic (exact) mass is 369 g/mol. The molecule has 2 aromatic rings. The second-order valence-electron chi connectivity index (χ2n) is 6.89. The zero-order valence-electron chi connectivity index (χ0n) is 15.6. The SMILES string of the molecule is COc1ccc(C(C)C)cc1[C@@H]1CC(=O)Nc2cc(OCC(=O)O)ccc21. The Hall–Kier alpha value is -3.02. The maximum Gasteiger partial charge on any atom is 0.341 e. The fourth-order valence-corrected chi connectivity index (χ4v) is 3.34. The zero-order chi connectivity index (χ0) is 19.6. The molecule has 1 atom stereocenters. The lowest BCUT2D eigenvalue weighted by Crippen LogP contribution is -2.24. The van der Waals surface area contributed by atoms with Crippen LogP contribution in [0.1, 0.15) is 48.8 Å². The highest BCUT2D eigenvalue weighted by atomic mass is 16.5. The van der Waals surface area contributed by atoms with Gasteiger partial charge in [0.25, 0.3) is 0 Å². The molecule has 0 aliphatic carbocycles. The van der Waals surface area contributed by atoms with Crippen molar-refractivity contribution in [2.45, 2.75) is 32.1 Å². The van der Waals surface area contributed by atoms with Gasteiger partial charge in [-0.25, -0.2) is 4.79 Å². The van der Waals surface area contributed by atoms with Crippen molar-refractivity contribution in [3.05, 3.63) is 53.1 Å². The highest BCUT2D eigenvalue weighted by Gasteiger charge is 2.29. The van der Waals surface area contributed by atoms with E-state index in [2.05, 4.69) is 25.2 Å². The first-order valence-electron chi connectivity index (χ1n) is 8.85. The molecule has 0 saturated carbocycles. The Morgan fingerprint density at radius 3 is 2.67 bits per heavy atom. The molecule has 6 nitrogen and oxygen atoms in total. The summed E-state index contributed by atoms with van der Waals surface area (Å²) in [7, 11) is 1.63. The summed E-state index contributed by atoms with van der Waals surface area (Å²) in [5.74, 6) is 0.218. The van der Waals surface area contributed by atoms with Crippen molar-refractivity contribution in [2.75, 3.05) is 19.0 Å². The second kappa shape index (κ2) is 7.70. The van der Waals surface area contributed by atoms with Crippen LogP contribution in [-0.4, -0.2) is 30.7 Å². The average Bonchev–Trinajstić information content (AvgIpc) is 2.64. The Balaban J connectivity index is 2.02. The van der Waals surface area contributed by atoms with Crippen LogP contribution in [0.25, 0.3) is 0 Å². The molecule has 0 saturated heterocycles. The molecule has 1 aliphatic rings. The quantitative estimate of drug-likeness (QED) is 0.810. The van der Waals surface area contributed by atoms with Crippen LogP contribution in [0.5, 0.6) is 11.5 Å². The van der Waals surface area contributed by atoms with Gasteiger partial charge in [0.1, 0.15) is 11.5 Å². The van der Waals surface area contributed by atoms with Gasteiger partial charge in [-0.15, -0.1) is 0 Å². The number of hydrogen-bond acceptors (Lipinski definition) is 4. The molecular weight excluding hydrogens is 346 g/mol. The minimum Gasteiger partial charge on any atom is -0.496 e. The molecule has 0 unspecified atom stereocenters. The molecule has 0 bridgehead atoms. The van der Waals surface area contributed by atoms with Crippen molar-refractivity contribution in [1.82, 2.24) is 0 Å². The normalized spacial score (nSPS) is 15.9. The maximum atomic E-state index is 12.3. The molecule has 27 heavy (non-hydrogen) atoms. The number of methoxy groups -OCH3 is 1. The number of fused-ring (bicyclic) bond motifs is 1. The van der Waals surface area contributed by atoms with Crippen LogP contribution in [0.2, 0.25) is 0 Å². The molecule has 2 aromatic carbocycles. The molecule has 6 heteroatoms. The van der Waals surface area contributed by atoms with Crippen LogP contribution in [0.15, 0.2) is 36.4 Å². The van der Waals surface area contributed by atoms with Crippen molar-refractivity contribution in [2.24, 2.45) is 0 Å². The molecule has 1 heterocycles. The Kier molecular flexibility index (Phi) is 5.35. The summed E-state index contributed by atoms with van der Waals surface area (Å²) in [6, 6.07) is 11.4. The number of hydrogen-bond donors (Lipinski definition) is 2. The number of nitrogens with one attached hydrogen (secondary N) is 1. The van der Waals surface area contributed by atoms with E-state index in [-0.39, 0.29) is 11.8 Å². The van der Waals surface area contributed by atoms with Crippen molar-refractivity contribution in [3.63, 3.8) is 0 Å². The van der Waals surface area contributed by atoms with Gasteiger partial charge in [-0.1, -0.05) is 32.0 Å². The summed E-state index contributed by atoms with van der Waals surface area (Å²) in [4.78, 5) is 23.0. The van der Waals surface area contributed by atoms with Crippen LogP contribution < -0.4 is 14.8 Å². The van der Waals surface area contributed by atoms with Gasteiger partial charge in [0.05, 0.1) is 7.11 Å². The van der Waals surface area contributed by atoms with Gasteiger partial charge < -0.3 is 19.9 Å². The number of carbonyl (C=O) groups is 2. The average molecular weight is 369 g/mol. The molecule has 2 N–H and O–H groups in total. The van der Waals surface area contributed by atoms with Crippen LogP contribution in [0.4, 0.5) is 5.69 Å². The highest BCUT2D eigenvalue weighted by molar-refractivity contribution is 5.95. The number of anilines is 1. The minimum atomic E-state index is -1.05. The summed E-state index contributed by atoms with van der Waals surface area (Å²) in [6.07, 6.45) is 0.320. The zero-order valence-corrected chi connectivity index (χ0v) is 15.6. The van der Waals surface area contributed by atoms with Gasteiger partial charge in [-0.05, 0) is 29.2 Å². The number of carboxylic acid groups (broad SMARTS) is 1. The van der Waals surface area contributed by atoms with E-state index in [0.29, 0.717) is 23.8 Å². The predicted octanol–water partition coefficient (Wildman–Crippen LogP) is 3.76. The van der Waals surface area contributed by atoms with E-state index in [1.165, 1.54) is 5.56 Å². The summed E-state index contributed by atoms with van der Waals surface area (Å²) in [5, 5.41) is 11.6. The molecule has 3 rings (SSSR count). The Morgan fingerprint density at radius 2 is 2.00 bits per heavy atom. The molecule has 1 amide bonds. The number of ether oxygens (including phenoxy) is 2. The van der Waals surface area contributed by atoms with Gasteiger partial charge in [0.2, 0.25) is 5.91 Å². The van der Waals surface area contributed by atoms with E-state index in [9.17, 15) is 9.59 Å². The van der Waals surface area contributed by atoms with Crippen LogP contribution >= 0.6 is 0 Å². The first-order chi connectivity index (χ1) is 12.9. The van der Waals surface area contributed by atoms with Crippen LogP contribution in [0, 0.1) is 0 Å². The summed E-state index contributed by atoms with van der Waals surface area (Å²) >= 11 is 0. The van der Waals surface area contributed by atoms with E-state index in [1.54, 1.807) is 19.2 Å². The standard InChI is InChI=1S/C21H23NO5/c1-12(2)13-4-7-19(26-3)17(8-13)16-10-20(23)22-18-9-14(5-6-15(16)18)27-11-21(24)25/h4-9,12,16H,10-11H2,1-3H3,(H,22,23)(H,24,25)/t16-/m1/s1. The number of carbonyl (C=O) groups excluding carboxylic acids is 1. The number of benzene rings is 2. The molecular formula is C21H23NO5. The van der Waals surface area contributed by atoms with Crippen LogP contribution in [0.3, 0.4) is 0 Å². The first kappa shape index (κ1) is 18.8. The molecule has 0 radical (unpaired) electrons. The smallest absolute Gasteiger partial charge is 0.341 e. The van der Waals surface area contributed by atoms with Crippen molar-refractivity contribution in [1.29, 1.82) is 0 Å².